The van der Waals surface area contributed by atoms with E-state index in [1.807, 2.05) is 0 Å². The number of nitrogens with zero attached hydrogens (tertiary/aromatic N) is 4. The van der Waals surface area contributed by atoms with Crippen LogP contribution in [0.25, 0.3) is 5.65 Å². The maximum absolute atomic E-state index is 12.0. The zero-order valence-electron chi connectivity index (χ0n) is 11.9. The average molecular weight is 374 g/mol. The Morgan fingerprint density at radius 3 is 2.87 bits per heavy atom. The Morgan fingerprint density at radius 2 is 2.13 bits per heavy atom. The van der Waals surface area contributed by atoms with Gasteiger partial charge in [-0.1, -0.05) is 11.6 Å². The molecular weight excluding hydrogens is 362 g/mol. The van der Waals surface area contributed by atoms with Crippen molar-refractivity contribution in [1.29, 1.82) is 0 Å². The minimum absolute atomic E-state index is 0.110. The molecule has 3 aromatic rings. The Morgan fingerprint density at radius 1 is 1.30 bits per heavy atom. The van der Waals surface area contributed by atoms with Gasteiger partial charge in [0.25, 0.3) is 0 Å². The molecule has 3 rings (SSSR count). The van der Waals surface area contributed by atoms with Gasteiger partial charge in [0.1, 0.15) is 10.8 Å². The van der Waals surface area contributed by atoms with E-state index in [0.717, 1.165) is 11.3 Å². The lowest BCUT2D eigenvalue weighted by molar-refractivity contribution is 0.305. The Labute approximate surface area is 141 Å². The van der Waals surface area contributed by atoms with Crippen LogP contribution in [0, 0.1) is 6.92 Å². The van der Waals surface area contributed by atoms with Crippen LogP contribution < -0.4 is 9.46 Å². The topological polar surface area (TPSA) is 98.5 Å². The van der Waals surface area contributed by atoms with Crippen LogP contribution in [-0.2, 0) is 10.0 Å². The first-order valence-corrected chi connectivity index (χ1v) is 9.20. The van der Waals surface area contributed by atoms with Crippen molar-refractivity contribution in [3.05, 3.63) is 34.4 Å². The molecule has 0 atom stereocenters. The van der Waals surface area contributed by atoms with Gasteiger partial charge in [0.15, 0.2) is 11.5 Å². The maximum Gasteiger partial charge on any atom is 0.250 e. The summed E-state index contributed by atoms with van der Waals surface area (Å²) in [6.45, 7) is 2.02. The Balaban J connectivity index is 1.57. The van der Waals surface area contributed by atoms with Crippen LogP contribution in [0.2, 0.25) is 4.34 Å². The summed E-state index contributed by atoms with van der Waals surface area (Å²) in [5.74, 6) is 1.000. The zero-order valence-corrected chi connectivity index (χ0v) is 14.3. The normalized spacial score (nSPS) is 11.9. The third-order valence-corrected chi connectivity index (χ3v) is 6.04. The number of fused-ring (bicyclic) bond motifs is 1. The molecule has 0 aliphatic rings. The third kappa shape index (κ3) is 3.61. The summed E-state index contributed by atoms with van der Waals surface area (Å²) in [7, 11) is -3.57. The Hall–Kier alpha value is -1.75. The average Bonchev–Trinajstić information content (AvgIpc) is 3.11. The molecule has 0 aliphatic heterocycles. The van der Waals surface area contributed by atoms with Gasteiger partial charge in [-0.3, -0.25) is 0 Å². The molecule has 23 heavy (non-hydrogen) atoms. The second-order valence-corrected chi connectivity index (χ2v) is 8.20. The maximum atomic E-state index is 12.0. The number of nitrogens with one attached hydrogen (secondary N) is 1. The van der Waals surface area contributed by atoms with Crippen molar-refractivity contribution in [2.24, 2.45) is 0 Å². The second-order valence-electron chi connectivity index (χ2n) is 4.49. The Bertz CT molecular complexity index is 937. The van der Waals surface area contributed by atoms with Crippen LogP contribution in [0.1, 0.15) is 5.82 Å². The van der Waals surface area contributed by atoms with Crippen molar-refractivity contribution in [1.82, 2.24) is 24.5 Å². The molecule has 0 unspecified atom stereocenters. The molecule has 0 bridgehead atoms. The van der Waals surface area contributed by atoms with Gasteiger partial charge in [0, 0.05) is 12.6 Å². The lowest BCUT2D eigenvalue weighted by Gasteiger charge is -2.07. The van der Waals surface area contributed by atoms with Gasteiger partial charge in [0.2, 0.25) is 15.9 Å². The number of hydrogen-bond donors (Lipinski definition) is 1. The largest absolute Gasteiger partial charge is 0.475 e. The predicted octanol–water partition coefficient (Wildman–Crippen LogP) is 1.50. The molecule has 0 spiro atoms. The lowest BCUT2D eigenvalue weighted by Crippen LogP contribution is -2.27. The van der Waals surface area contributed by atoms with E-state index in [9.17, 15) is 8.42 Å². The van der Waals surface area contributed by atoms with Gasteiger partial charge in [-0.2, -0.15) is 4.52 Å². The van der Waals surface area contributed by atoms with E-state index in [2.05, 4.69) is 20.0 Å². The summed E-state index contributed by atoms with van der Waals surface area (Å²) in [4.78, 5) is 0. The molecule has 0 amide bonds. The number of thiophene rings is 1. The fourth-order valence-corrected chi connectivity index (χ4v) is 4.34. The second kappa shape index (κ2) is 6.40. The van der Waals surface area contributed by atoms with Crippen molar-refractivity contribution in [3.63, 3.8) is 0 Å². The fourth-order valence-electron chi connectivity index (χ4n) is 1.80. The molecule has 3 aromatic heterocycles. The first kappa shape index (κ1) is 16.1. The van der Waals surface area contributed by atoms with E-state index in [0.29, 0.717) is 21.7 Å². The van der Waals surface area contributed by atoms with Crippen LogP contribution in [-0.4, -0.2) is 41.4 Å². The molecule has 0 aliphatic carbocycles. The van der Waals surface area contributed by atoms with Crippen molar-refractivity contribution >= 4 is 38.6 Å². The van der Waals surface area contributed by atoms with Crippen LogP contribution in [0.5, 0.6) is 5.88 Å². The van der Waals surface area contributed by atoms with Crippen molar-refractivity contribution < 1.29 is 13.2 Å². The highest BCUT2D eigenvalue weighted by Gasteiger charge is 2.15. The molecule has 1 N–H and O–H groups in total. The quantitative estimate of drug-likeness (QED) is 0.657. The summed E-state index contributed by atoms with van der Waals surface area (Å²) in [5.41, 5.74) is 0.616. The summed E-state index contributed by atoms with van der Waals surface area (Å²) in [6, 6.07) is 6.37. The van der Waals surface area contributed by atoms with Crippen LogP contribution in [0.3, 0.4) is 0 Å². The van der Waals surface area contributed by atoms with Crippen LogP contribution >= 0.6 is 22.9 Å². The van der Waals surface area contributed by atoms with Crippen molar-refractivity contribution in [2.75, 3.05) is 13.2 Å². The molecular formula is C12H12ClN5O3S2. The molecule has 0 aromatic carbocycles. The predicted molar refractivity (Wildman–Crippen MR) is 85.5 cm³/mol. The fraction of sp³-hybridized carbons (Fsp3) is 0.250. The number of hydrogen-bond acceptors (Lipinski definition) is 7. The minimum atomic E-state index is -3.57. The SMILES string of the molecule is Cc1nnc2ccc(OCCNS(=O)(=O)c3ccc(Cl)s3)nn12. The van der Waals surface area contributed by atoms with E-state index in [-0.39, 0.29) is 17.4 Å². The summed E-state index contributed by atoms with van der Waals surface area (Å²) in [5, 5.41) is 12.0. The van der Waals surface area contributed by atoms with Gasteiger partial charge >= 0.3 is 0 Å². The summed E-state index contributed by atoms with van der Waals surface area (Å²) in [6.07, 6.45) is 0. The van der Waals surface area contributed by atoms with Gasteiger partial charge in [-0.25, -0.2) is 13.1 Å². The lowest BCUT2D eigenvalue weighted by atomic mass is 10.5. The molecule has 0 radical (unpaired) electrons. The van der Waals surface area contributed by atoms with E-state index in [1.54, 1.807) is 23.6 Å². The monoisotopic (exact) mass is 373 g/mol. The zero-order chi connectivity index (χ0) is 16.4. The van der Waals surface area contributed by atoms with Crippen LogP contribution in [0.4, 0.5) is 0 Å². The number of rotatable bonds is 6. The number of sulfonamides is 1. The smallest absolute Gasteiger partial charge is 0.250 e. The van der Waals surface area contributed by atoms with E-state index in [1.165, 1.54) is 12.1 Å². The number of halogens is 1. The molecule has 122 valence electrons. The molecule has 0 saturated heterocycles. The highest BCUT2D eigenvalue weighted by Crippen LogP contribution is 2.25. The Kier molecular flexibility index (Phi) is 4.48. The van der Waals surface area contributed by atoms with Crippen molar-refractivity contribution in [3.8, 4) is 5.88 Å². The highest BCUT2D eigenvalue weighted by atomic mass is 35.5. The number of aryl methyl sites for hydroxylation is 1. The van der Waals surface area contributed by atoms with Gasteiger partial charge < -0.3 is 4.74 Å². The first-order chi connectivity index (χ1) is 11.0. The van der Waals surface area contributed by atoms with Gasteiger partial charge in [0.05, 0.1) is 4.34 Å². The van der Waals surface area contributed by atoms with Gasteiger partial charge in [-0.05, 0) is 25.1 Å². The van der Waals surface area contributed by atoms with Crippen LogP contribution in [0.15, 0.2) is 28.5 Å². The molecule has 11 heteroatoms. The first-order valence-electron chi connectivity index (χ1n) is 6.52. The molecule has 0 saturated carbocycles. The summed E-state index contributed by atoms with van der Waals surface area (Å²) >= 11 is 6.74. The van der Waals surface area contributed by atoms with E-state index < -0.39 is 10.0 Å². The number of aromatic nitrogens is 4. The number of ether oxygens (including phenoxy) is 1. The van der Waals surface area contributed by atoms with Gasteiger partial charge in [-0.15, -0.1) is 26.6 Å². The highest BCUT2D eigenvalue weighted by molar-refractivity contribution is 7.91. The minimum Gasteiger partial charge on any atom is -0.475 e. The third-order valence-electron chi connectivity index (χ3n) is 2.85. The summed E-state index contributed by atoms with van der Waals surface area (Å²) < 4.78 is 34.0. The van der Waals surface area contributed by atoms with E-state index in [4.69, 9.17) is 16.3 Å². The molecule has 3 heterocycles. The van der Waals surface area contributed by atoms with Crippen molar-refractivity contribution in [2.45, 2.75) is 11.1 Å². The van der Waals surface area contributed by atoms with E-state index >= 15 is 0 Å². The molecule has 0 fully saturated rings. The standard InChI is InChI=1S/C12H12ClN5O3S2/c1-8-15-16-10-3-4-11(17-18(8)10)21-7-6-14-23(19,20)12-5-2-9(13)22-12/h2-5,14H,6-7H2,1H3. The molecule has 8 nitrogen and oxygen atoms in total.